The lowest BCUT2D eigenvalue weighted by molar-refractivity contribution is -0.126. The number of ether oxygens (including phenoxy) is 1. The largest absolute Gasteiger partial charge is 0.433 e. The number of alkyl halides is 2. The monoisotopic (exact) mass is 302 g/mol. The molecule has 0 aliphatic heterocycles. The first-order valence-corrected chi connectivity index (χ1v) is 6.27. The number of hydrogen-bond acceptors (Lipinski definition) is 3. The Bertz CT molecular complexity index is 501. The number of nitrogens with one attached hydrogen (secondary N) is 2. The Hall–Kier alpha value is -1.76. The fraction of sp³-hybridized carbons (Fsp3) is 0.385. The minimum absolute atomic E-state index is 0.0234. The molecule has 0 unspecified atom stereocenters. The number of carbonyl (C=O) groups is 1. The Morgan fingerprint density at radius 1 is 1.30 bits per heavy atom. The van der Waals surface area contributed by atoms with Gasteiger partial charge in [-0.05, 0) is 24.4 Å². The fourth-order valence-electron chi connectivity index (χ4n) is 1.21. The van der Waals surface area contributed by atoms with Gasteiger partial charge in [-0.1, -0.05) is 32.9 Å². The number of rotatable bonds is 3. The summed E-state index contributed by atoms with van der Waals surface area (Å²) in [5.41, 5.74) is -0.350. The van der Waals surface area contributed by atoms with Crippen molar-refractivity contribution in [2.75, 3.05) is 5.32 Å². The van der Waals surface area contributed by atoms with E-state index in [0.29, 0.717) is 0 Å². The first kappa shape index (κ1) is 16.3. The zero-order chi connectivity index (χ0) is 15.3. The summed E-state index contributed by atoms with van der Waals surface area (Å²) in [5, 5.41) is 5.17. The van der Waals surface area contributed by atoms with Crippen molar-refractivity contribution in [3.63, 3.8) is 0 Å². The molecule has 20 heavy (non-hydrogen) atoms. The smallest absolute Gasteiger partial charge is 0.387 e. The predicted molar refractivity (Wildman–Crippen MR) is 76.9 cm³/mol. The summed E-state index contributed by atoms with van der Waals surface area (Å²) in [7, 11) is 0. The number of benzene rings is 1. The van der Waals surface area contributed by atoms with E-state index in [1.807, 2.05) is 0 Å². The molecule has 1 aromatic rings. The molecule has 0 radical (unpaired) electrons. The van der Waals surface area contributed by atoms with E-state index in [0.717, 1.165) is 0 Å². The molecule has 0 saturated carbocycles. The molecule has 0 bridgehead atoms. The normalized spacial score (nSPS) is 11.1. The first-order chi connectivity index (χ1) is 9.20. The molecular formula is C13H16F2N2O2S. The van der Waals surface area contributed by atoms with Gasteiger partial charge in [-0.3, -0.25) is 4.79 Å². The number of anilines is 1. The highest BCUT2D eigenvalue weighted by Gasteiger charge is 2.22. The van der Waals surface area contributed by atoms with Crippen molar-refractivity contribution in [3.05, 3.63) is 24.3 Å². The Morgan fingerprint density at radius 2 is 1.90 bits per heavy atom. The van der Waals surface area contributed by atoms with E-state index in [-0.39, 0.29) is 22.5 Å². The number of thiocarbonyl (C=S) groups is 1. The second-order valence-electron chi connectivity index (χ2n) is 5.03. The van der Waals surface area contributed by atoms with Crippen molar-refractivity contribution >= 4 is 28.9 Å². The minimum atomic E-state index is -2.93. The summed E-state index contributed by atoms with van der Waals surface area (Å²) in [5.74, 6) is -0.322. The number of halogens is 2. The molecule has 1 aromatic carbocycles. The molecule has 0 spiro atoms. The highest BCUT2D eigenvalue weighted by Crippen LogP contribution is 2.25. The van der Waals surface area contributed by atoms with Crippen molar-refractivity contribution in [1.82, 2.24) is 5.32 Å². The van der Waals surface area contributed by atoms with E-state index in [1.165, 1.54) is 12.1 Å². The van der Waals surface area contributed by atoms with Crippen LogP contribution in [0, 0.1) is 5.41 Å². The van der Waals surface area contributed by atoms with Gasteiger partial charge in [-0.2, -0.15) is 8.78 Å². The molecule has 110 valence electrons. The van der Waals surface area contributed by atoms with Crippen LogP contribution in [0.15, 0.2) is 24.3 Å². The van der Waals surface area contributed by atoms with Crippen LogP contribution in [0.5, 0.6) is 5.75 Å². The van der Waals surface area contributed by atoms with E-state index < -0.39 is 12.0 Å². The van der Waals surface area contributed by atoms with Gasteiger partial charge in [0.2, 0.25) is 5.91 Å². The molecule has 1 rings (SSSR count). The summed E-state index contributed by atoms with van der Waals surface area (Å²) < 4.78 is 28.9. The molecular weight excluding hydrogens is 286 g/mol. The van der Waals surface area contributed by atoms with Crippen LogP contribution in [0.25, 0.3) is 0 Å². The van der Waals surface area contributed by atoms with E-state index in [4.69, 9.17) is 12.2 Å². The average molecular weight is 302 g/mol. The van der Waals surface area contributed by atoms with Crippen molar-refractivity contribution in [3.8, 4) is 5.75 Å². The molecule has 7 heteroatoms. The summed E-state index contributed by atoms with van der Waals surface area (Å²) >= 11 is 4.97. The molecule has 0 atom stereocenters. The van der Waals surface area contributed by atoms with Gasteiger partial charge in [-0.25, -0.2) is 0 Å². The third-order valence-corrected chi connectivity index (χ3v) is 2.46. The van der Waals surface area contributed by atoms with Crippen molar-refractivity contribution < 1.29 is 18.3 Å². The Balaban J connectivity index is 2.74. The molecule has 0 heterocycles. The van der Waals surface area contributed by atoms with Gasteiger partial charge in [0, 0.05) is 5.41 Å². The number of carbonyl (C=O) groups excluding carboxylic acids is 1. The highest BCUT2D eigenvalue weighted by molar-refractivity contribution is 7.80. The third-order valence-electron chi connectivity index (χ3n) is 2.26. The summed E-state index contributed by atoms with van der Waals surface area (Å²) in [6.07, 6.45) is 0. The maximum Gasteiger partial charge on any atom is 0.387 e. The Morgan fingerprint density at radius 3 is 2.45 bits per heavy atom. The van der Waals surface area contributed by atoms with Crippen molar-refractivity contribution in [2.45, 2.75) is 27.4 Å². The van der Waals surface area contributed by atoms with Crippen LogP contribution in [0.4, 0.5) is 14.5 Å². The zero-order valence-corrected chi connectivity index (χ0v) is 12.2. The van der Waals surface area contributed by atoms with Crippen molar-refractivity contribution in [1.29, 1.82) is 0 Å². The third kappa shape index (κ3) is 5.08. The number of hydrogen-bond donors (Lipinski definition) is 2. The average Bonchev–Trinajstić information content (AvgIpc) is 2.29. The number of amides is 1. The Kier molecular flexibility index (Phi) is 5.38. The second-order valence-corrected chi connectivity index (χ2v) is 5.44. The van der Waals surface area contributed by atoms with Gasteiger partial charge in [0.15, 0.2) is 5.11 Å². The van der Waals surface area contributed by atoms with Gasteiger partial charge in [0.25, 0.3) is 0 Å². The van der Waals surface area contributed by atoms with Crippen LogP contribution in [-0.2, 0) is 4.79 Å². The Labute approximate surface area is 121 Å². The van der Waals surface area contributed by atoms with Crippen LogP contribution in [0.3, 0.4) is 0 Å². The quantitative estimate of drug-likeness (QED) is 0.842. The highest BCUT2D eigenvalue weighted by atomic mass is 32.1. The van der Waals surface area contributed by atoms with Crippen molar-refractivity contribution in [2.24, 2.45) is 5.41 Å². The summed E-state index contributed by atoms with van der Waals surface area (Å²) in [6, 6.07) is 6.09. The van der Waals surface area contributed by atoms with Gasteiger partial charge in [-0.15, -0.1) is 0 Å². The SMILES string of the molecule is CC(C)(C)C(=O)NC(=S)Nc1ccccc1OC(F)F. The maximum absolute atomic E-state index is 12.3. The van der Waals surface area contributed by atoms with E-state index >= 15 is 0 Å². The standard InChI is InChI=1S/C13H16F2N2O2S/c1-13(2,3)10(18)17-12(20)16-8-6-4-5-7-9(8)19-11(14)15/h4-7,11H,1-3H3,(H2,16,17,18,20). The fourth-order valence-corrected chi connectivity index (χ4v) is 1.42. The predicted octanol–water partition coefficient (Wildman–Crippen LogP) is 3.15. The molecule has 0 aromatic heterocycles. The van der Waals surface area contributed by atoms with Crippen LogP contribution < -0.4 is 15.4 Å². The van der Waals surface area contributed by atoms with Gasteiger partial charge in [0.05, 0.1) is 5.69 Å². The van der Waals surface area contributed by atoms with E-state index in [1.54, 1.807) is 32.9 Å². The minimum Gasteiger partial charge on any atom is -0.433 e. The maximum atomic E-state index is 12.3. The molecule has 0 saturated heterocycles. The molecule has 0 fully saturated rings. The molecule has 4 nitrogen and oxygen atoms in total. The lowest BCUT2D eigenvalue weighted by Gasteiger charge is -2.19. The summed E-state index contributed by atoms with van der Waals surface area (Å²) in [4.78, 5) is 11.7. The molecule has 1 amide bonds. The van der Waals surface area contributed by atoms with E-state index in [9.17, 15) is 13.6 Å². The lowest BCUT2D eigenvalue weighted by atomic mass is 9.96. The summed E-state index contributed by atoms with van der Waals surface area (Å²) in [6.45, 7) is 2.27. The van der Waals surface area contributed by atoms with Gasteiger partial charge in [0.1, 0.15) is 5.75 Å². The molecule has 2 N–H and O–H groups in total. The van der Waals surface area contributed by atoms with Crippen LogP contribution in [0.2, 0.25) is 0 Å². The molecule has 0 aliphatic carbocycles. The van der Waals surface area contributed by atoms with Crippen LogP contribution in [0.1, 0.15) is 20.8 Å². The number of para-hydroxylation sites is 2. The van der Waals surface area contributed by atoms with Gasteiger partial charge >= 0.3 is 6.61 Å². The lowest BCUT2D eigenvalue weighted by Crippen LogP contribution is -2.41. The zero-order valence-electron chi connectivity index (χ0n) is 11.4. The molecule has 0 aliphatic rings. The topological polar surface area (TPSA) is 50.4 Å². The van der Waals surface area contributed by atoms with E-state index in [2.05, 4.69) is 15.4 Å². The first-order valence-electron chi connectivity index (χ1n) is 5.86. The van der Waals surface area contributed by atoms with Crippen LogP contribution >= 0.6 is 12.2 Å². The van der Waals surface area contributed by atoms with Gasteiger partial charge < -0.3 is 15.4 Å². The van der Waals surface area contributed by atoms with Crippen LogP contribution in [-0.4, -0.2) is 17.6 Å². The second kappa shape index (κ2) is 6.60.